The number of rotatable bonds is 6. The van der Waals surface area contributed by atoms with Crippen molar-refractivity contribution >= 4 is 5.91 Å². The Morgan fingerprint density at radius 1 is 0.964 bits per heavy atom. The Labute approximate surface area is 167 Å². The van der Waals surface area contributed by atoms with Crippen LogP contribution in [0.2, 0.25) is 0 Å². The van der Waals surface area contributed by atoms with Crippen molar-refractivity contribution in [1.29, 1.82) is 0 Å². The predicted octanol–water partition coefficient (Wildman–Crippen LogP) is 3.05. The maximum absolute atomic E-state index is 12.9. The van der Waals surface area contributed by atoms with Gasteiger partial charge < -0.3 is 9.64 Å². The van der Waals surface area contributed by atoms with Crippen LogP contribution in [0.15, 0.2) is 60.7 Å². The molecule has 5 heteroatoms. The van der Waals surface area contributed by atoms with Crippen LogP contribution in [-0.4, -0.2) is 36.5 Å². The lowest BCUT2D eigenvalue weighted by Gasteiger charge is -2.33. The monoisotopic (exact) mass is 379 g/mol. The van der Waals surface area contributed by atoms with Gasteiger partial charge in [-0.25, -0.2) is 10.9 Å². The van der Waals surface area contributed by atoms with E-state index in [4.69, 9.17) is 4.74 Å². The van der Waals surface area contributed by atoms with Gasteiger partial charge in [-0.2, -0.15) is 0 Å². The van der Waals surface area contributed by atoms with Crippen molar-refractivity contribution < 1.29 is 9.53 Å². The summed E-state index contributed by atoms with van der Waals surface area (Å²) in [7, 11) is 0. The minimum Gasteiger partial charge on any atom is -0.376 e. The third-order valence-electron chi connectivity index (χ3n) is 5.79. The zero-order valence-electron chi connectivity index (χ0n) is 16.2. The minimum atomic E-state index is -0.143. The third kappa shape index (κ3) is 4.79. The molecule has 28 heavy (non-hydrogen) atoms. The fraction of sp³-hybridized carbons (Fsp3) is 0.435. The van der Waals surface area contributed by atoms with Crippen molar-refractivity contribution in [3.63, 3.8) is 0 Å². The molecule has 2 fully saturated rings. The van der Waals surface area contributed by atoms with E-state index in [1.165, 1.54) is 11.1 Å². The van der Waals surface area contributed by atoms with Gasteiger partial charge in [0.2, 0.25) is 5.91 Å². The molecule has 2 heterocycles. The van der Waals surface area contributed by atoms with Gasteiger partial charge in [0.15, 0.2) is 0 Å². The average Bonchev–Trinajstić information content (AvgIpc) is 3.25. The number of hydrogen-bond donors (Lipinski definition) is 2. The molecule has 148 valence electrons. The Morgan fingerprint density at radius 2 is 1.64 bits per heavy atom. The maximum atomic E-state index is 12.9. The molecule has 4 rings (SSSR count). The summed E-state index contributed by atoms with van der Waals surface area (Å²) in [5, 5.41) is 0. The molecule has 0 spiro atoms. The van der Waals surface area contributed by atoms with Gasteiger partial charge in [0.25, 0.3) is 0 Å². The Morgan fingerprint density at radius 3 is 2.36 bits per heavy atom. The van der Waals surface area contributed by atoms with Crippen molar-refractivity contribution in [2.45, 2.75) is 38.0 Å². The Bertz CT molecular complexity index is 745. The fourth-order valence-electron chi connectivity index (χ4n) is 4.08. The molecular weight excluding hydrogens is 350 g/mol. The summed E-state index contributed by atoms with van der Waals surface area (Å²) < 4.78 is 5.89. The standard InChI is InChI=1S/C23H29N3O2/c27-23(22-15-21(24-25-22)20-9-5-2-6-10-20)26-13-11-19(12-14-26)17-28-16-18-7-3-1-4-8-18/h1-10,19,21-22,24-25H,11-17H2. The number of hydrogen-bond acceptors (Lipinski definition) is 4. The summed E-state index contributed by atoms with van der Waals surface area (Å²) in [6.07, 6.45) is 2.83. The number of ether oxygens (including phenoxy) is 1. The number of hydrazine groups is 1. The van der Waals surface area contributed by atoms with Crippen molar-refractivity contribution in [2.75, 3.05) is 19.7 Å². The zero-order chi connectivity index (χ0) is 19.2. The van der Waals surface area contributed by atoms with Crippen LogP contribution in [0.4, 0.5) is 0 Å². The molecule has 0 bridgehead atoms. The van der Waals surface area contributed by atoms with Gasteiger partial charge >= 0.3 is 0 Å². The van der Waals surface area contributed by atoms with Gasteiger partial charge in [-0.15, -0.1) is 0 Å². The van der Waals surface area contributed by atoms with Crippen LogP contribution < -0.4 is 10.9 Å². The van der Waals surface area contributed by atoms with Crippen molar-refractivity contribution in [3.8, 4) is 0 Å². The fourth-order valence-corrected chi connectivity index (χ4v) is 4.08. The number of carbonyl (C=O) groups is 1. The van der Waals surface area contributed by atoms with Gasteiger partial charge in [-0.05, 0) is 36.3 Å². The molecule has 2 atom stereocenters. The number of nitrogens with zero attached hydrogens (tertiary/aromatic N) is 1. The highest BCUT2D eigenvalue weighted by atomic mass is 16.5. The summed E-state index contributed by atoms with van der Waals surface area (Å²) in [4.78, 5) is 14.9. The van der Waals surface area contributed by atoms with Crippen LogP contribution in [0.3, 0.4) is 0 Å². The average molecular weight is 380 g/mol. The number of benzene rings is 2. The zero-order valence-corrected chi connectivity index (χ0v) is 16.2. The topological polar surface area (TPSA) is 53.6 Å². The SMILES string of the molecule is O=C(C1CC(c2ccccc2)NN1)N1CCC(COCc2ccccc2)CC1. The lowest BCUT2D eigenvalue weighted by atomic mass is 9.96. The lowest BCUT2D eigenvalue weighted by Crippen LogP contribution is -2.48. The molecule has 2 N–H and O–H groups in total. The van der Waals surface area contributed by atoms with E-state index in [1.54, 1.807) is 0 Å². The van der Waals surface area contributed by atoms with Crippen LogP contribution in [0, 0.1) is 5.92 Å². The van der Waals surface area contributed by atoms with Crippen LogP contribution >= 0.6 is 0 Å². The summed E-state index contributed by atoms with van der Waals surface area (Å²) in [5.74, 6) is 0.758. The van der Waals surface area contributed by atoms with Gasteiger partial charge in [0.1, 0.15) is 6.04 Å². The first kappa shape index (κ1) is 19.1. The van der Waals surface area contributed by atoms with E-state index in [-0.39, 0.29) is 18.0 Å². The van der Waals surface area contributed by atoms with E-state index in [1.807, 2.05) is 41.3 Å². The molecule has 2 aromatic rings. The second kappa shape index (κ2) is 9.32. The van der Waals surface area contributed by atoms with Gasteiger partial charge in [-0.3, -0.25) is 4.79 Å². The summed E-state index contributed by atoms with van der Waals surface area (Å²) in [5.41, 5.74) is 8.91. The normalized spacial score (nSPS) is 23.1. The van der Waals surface area contributed by atoms with Crippen LogP contribution in [0.25, 0.3) is 0 Å². The minimum absolute atomic E-state index is 0.143. The third-order valence-corrected chi connectivity index (χ3v) is 5.79. The first-order valence-corrected chi connectivity index (χ1v) is 10.3. The van der Waals surface area contributed by atoms with Crippen LogP contribution in [-0.2, 0) is 16.1 Å². The molecule has 0 aliphatic carbocycles. The highest BCUT2D eigenvalue weighted by Crippen LogP contribution is 2.25. The second-order valence-corrected chi connectivity index (χ2v) is 7.81. The molecule has 0 radical (unpaired) electrons. The summed E-state index contributed by atoms with van der Waals surface area (Å²) >= 11 is 0. The van der Waals surface area contributed by atoms with E-state index in [0.29, 0.717) is 12.5 Å². The Kier molecular flexibility index (Phi) is 6.37. The molecule has 1 amide bonds. The molecule has 2 aliphatic rings. The molecule has 2 saturated heterocycles. The predicted molar refractivity (Wildman–Crippen MR) is 109 cm³/mol. The first-order chi connectivity index (χ1) is 13.8. The molecule has 2 unspecified atom stereocenters. The Hall–Kier alpha value is -2.21. The van der Waals surface area contributed by atoms with E-state index >= 15 is 0 Å². The smallest absolute Gasteiger partial charge is 0.241 e. The van der Waals surface area contributed by atoms with Gasteiger partial charge in [0.05, 0.1) is 6.61 Å². The number of amides is 1. The number of carbonyl (C=O) groups excluding carboxylic acids is 1. The van der Waals surface area contributed by atoms with E-state index in [0.717, 1.165) is 39.0 Å². The number of likely N-dealkylation sites (tertiary alicyclic amines) is 1. The highest BCUT2D eigenvalue weighted by molar-refractivity contribution is 5.82. The van der Waals surface area contributed by atoms with Crippen LogP contribution in [0.1, 0.15) is 36.4 Å². The molecule has 2 aromatic carbocycles. The van der Waals surface area contributed by atoms with E-state index in [2.05, 4.69) is 35.1 Å². The quantitative estimate of drug-likeness (QED) is 0.810. The maximum Gasteiger partial charge on any atom is 0.241 e. The highest BCUT2D eigenvalue weighted by Gasteiger charge is 2.34. The second-order valence-electron chi connectivity index (χ2n) is 7.81. The largest absolute Gasteiger partial charge is 0.376 e. The van der Waals surface area contributed by atoms with Crippen molar-refractivity contribution in [1.82, 2.24) is 15.8 Å². The Balaban J connectivity index is 1.19. The van der Waals surface area contributed by atoms with Gasteiger partial charge in [0, 0.05) is 25.7 Å². The van der Waals surface area contributed by atoms with Gasteiger partial charge in [-0.1, -0.05) is 60.7 Å². The molecule has 0 saturated carbocycles. The number of nitrogens with one attached hydrogen (secondary N) is 2. The first-order valence-electron chi connectivity index (χ1n) is 10.3. The molecule has 0 aromatic heterocycles. The molecule has 5 nitrogen and oxygen atoms in total. The summed E-state index contributed by atoms with van der Waals surface area (Å²) in [6.45, 7) is 3.09. The van der Waals surface area contributed by atoms with Crippen LogP contribution in [0.5, 0.6) is 0 Å². The van der Waals surface area contributed by atoms with Crippen molar-refractivity contribution in [3.05, 3.63) is 71.8 Å². The molecule has 2 aliphatic heterocycles. The number of piperidine rings is 1. The summed E-state index contributed by atoms with van der Waals surface area (Å²) in [6, 6.07) is 20.6. The van der Waals surface area contributed by atoms with E-state index < -0.39 is 0 Å². The van der Waals surface area contributed by atoms with E-state index in [9.17, 15) is 4.79 Å². The van der Waals surface area contributed by atoms with Crippen molar-refractivity contribution in [2.24, 2.45) is 5.92 Å². The lowest BCUT2D eigenvalue weighted by molar-refractivity contribution is -0.134. The molecular formula is C23H29N3O2.